The molecule has 2 aromatic rings. The summed E-state index contributed by atoms with van der Waals surface area (Å²) in [6.45, 7) is 2.46. The number of hydrogen-bond acceptors (Lipinski definition) is 4. The smallest absolute Gasteiger partial charge is 0.246 e. The standard InChI is InChI=1S/C18H18N2O2S/c1-13(21)14-5-4-6-15(11-14)19-12-18(22)20-9-10-23-17-8-3-2-7-16(17)20/h2-8,11,19H,9-10,12H2,1H3. The number of para-hydroxylation sites is 1. The molecule has 4 nitrogen and oxygen atoms in total. The van der Waals surface area contributed by atoms with Crippen LogP contribution < -0.4 is 10.2 Å². The van der Waals surface area contributed by atoms with Gasteiger partial charge in [-0.25, -0.2) is 0 Å². The second-order valence-corrected chi connectivity index (χ2v) is 6.49. The molecule has 1 heterocycles. The Kier molecular flexibility index (Phi) is 4.67. The Hall–Kier alpha value is -2.27. The predicted octanol–water partition coefficient (Wildman–Crippen LogP) is 3.44. The van der Waals surface area contributed by atoms with Crippen LogP contribution in [0.4, 0.5) is 11.4 Å². The van der Waals surface area contributed by atoms with Crippen molar-refractivity contribution in [1.82, 2.24) is 0 Å². The maximum Gasteiger partial charge on any atom is 0.246 e. The summed E-state index contributed by atoms with van der Waals surface area (Å²) in [5, 5.41) is 3.12. The summed E-state index contributed by atoms with van der Waals surface area (Å²) in [5.74, 6) is 0.954. The van der Waals surface area contributed by atoms with Gasteiger partial charge in [-0.3, -0.25) is 9.59 Å². The van der Waals surface area contributed by atoms with Gasteiger partial charge < -0.3 is 10.2 Å². The van der Waals surface area contributed by atoms with Crippen LogP contribution in [0.15, 0.2) is 53.4 Å². The van der Waals surface area contributed by atoms with Gasteiger partial charge in [0.1, 0.15) is 0 Å². The van der Waals surface area contributed by atoms with Crippen LogP contribution in [0.1, 0.15) is 17.3 Å². The number of carbonyl (C=O) groups excluding carboxylic acids is 2. The fourth-order valence-corrected chi connectivity index (χ4v) is 3.54. The van der Waals surface area contributed by atoms with Gasteiger partial charge in [-0.05, 0) is 31.2 Å². The zero-order valence-electron chi connectivity index (χ0n) is 12.9. The zero-order chi connectivity index (χ0) is 16.2. The molecule has 2 aromatic carbocycles. The Morgan fingerprint density at radius 2 is 2.00 bits per heavy atom. The first kappa shape index (κ1) is 15.6. The number of rotatable bonds is 4. The maximum absolute atomic E-state index is 12.5. The highest BCUT2D eigenvalue weighted by Crippen LogP contribution is 2.34. The molecule has 1 amide bonds. The lowest BCUT2D eigenvalue weighted by atomic mass is 10.1. The van der Waals surface area contributed by atoms with Crippen LogP contribution in [0.3, 0.4) is 0 Å². The molecule has 1 N–H and O–H groups in total. The van der Waals surface area contributed by atoms with E-state index in [4.69, 9.17) is 0 Å². The molecule has 0 saturated carbocycles. The van der Waals surface area contributed by atoms with Gasteiger partial charge in [0.2, 0.25) is 5.91 Å². The third-order valence-corrected chi connectivity index (χ3v) is 4.79. The number of ketones is 1. The first-order valence-electron chi connectivity index (χ1n) is 7.52. The van der Waals surface area contributed by atoms with Gasteiger partial charge in [0.25, 0.3) is 0 Å². The van der Waals surface area contributed by atoms with E-state index in [1.54, 1.807) is 23.9 Å². The van der Waals surface area contributed by atoms with Crippen molar-refractivity contribution in [3.63, 3.8) is 0 Å². The van der Waals surface area contributed by atoms with Gasteiger partial charge in [-0.15, -0.1) is 11.8 Å². The van der Waals surface area contributed by atoms with Crippen molar-refractivity contribution in [3.8, 4) is 0 Å². The monoisotopic (exact) mass is 326 g/mol. The predicted molar refractivity (Wildman–Crippen MR) is 94.5 cm³/mol. The number of Topliss-reactive ketones (excluding diaryl/α,β-unsaturated/α-hetero) is 1. The molecule has 118 valence electrons. The molecule has 0 bridgehead atoms. The average molecular weight is 326 g/mol. The van der Waals surface area contributed by atoms with E-state index in [1.165, 1.54) is 6.92 Å². The van der Waals surface area contributed by atoms with Crippen molar-refractivity contribution >= 4 is 34.8 Å². The third kappa shape index (κ3) is 3.56. The lowest BCUT2D eigenvalue weighted by molar-refractivity contribution is -0.117. The number of anilines is 2. The van der Waals surface area contributed by atoms with Crippen LogP contribution in [0.5, 0.6) is 0 Å². The minimum absolute atomic E-state index is 0.0157. The number of nitrogens with zero attached hydrogens (tertiary/aromatic N) is 1. The normalized spacial score (nSPS) is 13.3. The highest BCUT2D eigenvalue weighted by molar-refractivity contribution is 7.99. The topological polar surface area (TPSA) is 49.4 Å². The summed E-state index contributed by atoms with van der Waals surface area (Å²) in [6.07, 6.45) is 0. The molecule has 0 atom stereocenters. The van der Waals surface area contributed by atoms with Crippen LogP contribution in [-0.4, -0.2) is 30.5 Å². The van der Waals surface area contributed by atoms with Gasteiger partial charge in [-0.1, -0.05) is 24.3 Å². The van der Waals surface area contributed by atoms with Gasteiger partial charge >= 0.3 is 0 Å². The molecule has 23 heavy (non-hydrogen) atoms. The Labute approximate surface area is 139 Å². The van der Waals surface area contributed by atoms with E-state index in [1.807, 2.05) is 41.3 Å². The fraction of sp³-hybridized carbons (Fsp3) is 0.222. The maximum atomic E-state index is 12.5. The second-order valence-electron chi connectivity index (χ2n) is 5.35. The van der Waals surface area contributed by atoms with Crippen LogP contribution >= 0.6 is 11.8 Å². The van der Waals surface area contributed by atoms with Crippen LogP contribution in [0.2, 0.25) is 0 Å². The van der Waals surface area contributed by atoms with Gasteiger partial charge in [0, 0.05) is 28.4 Å². The second kappa shape index (κ2) is 6.87. The van der Waals surface area contributed by atoms with E-state index in [0.29, 0.717) is 5.56 Å². The molecule has 1 aliphatic heterocycles. The lowest BCUT2D eigenvalue weighted by Gasteiger charge is -2.29. The SMILES string of the molecule is CC(=O)c1cccc(NCC(=O)N2CCSc3ccccc32)c1. The zero-order valence-corrected chi connectivity index (χ0v) is 13.7. The van der Waals surface area contributed by atoms with Crippen LogP contribution in [0.25, 0.3) is 0 Å². The summed E-state index contributed by atoms with van der Waals surface area (Å²) < 4.78 is 0. The van der Waals surface area contributed by atoms with E-state index in [0.717, 1.165) is 28.6 Å². The molecule has 1 aliphatic rings. The van der Waals surface area contributed by atoms with Crippen LogP contribution in [0, 0.1) is 0 Å². The molecule has 3 rings (SSSR count). The van der Waals surface area contributed by atoms with E-state index < -0.39 is 0 Å². The minimum atomic E-state index is 0.0157. The van der Waals surface area contributed by atoms with Crippen molar-refractivity contribution in [3.05, 3.63) is 54.1 Å². The average Bonchev–Trinajstić information content (AvgIpc) is 2.59. The Morgan fingerprint density at radius 1 is 1.17 bits per heavy atom. The van der Waals surface area contributed by atoms with Crippen molar-refractivity contribution in [2.24, 2.45) is 0 Å². The Balaban J connectivity index is 1.69. The number of hydrogen-bond donors (Lipinski definition) is 1. The van der Waals surface area contributed by atoms with Gasteiger partial charge in [-0.2, -0.15) is 0 Å². The molecular formula is C18H18N2O2S. The number of amides is 1. The molecular weight excluding hydrogens is 308 g/mol. The summed E-state index contributed by atoms with van der Waals surface area (Å²) in [4.78, 5) is 26.9. The number of benzene rings is 2. The van der Waals surface area contributed by atoms with Crippen molar-refractivity contribution in [1.29, 1.82) is 0 Å². The van der Waals surface area contributed by atoms with Gasteiger partial charge in [0.05, 0.1) is 12.2 Å². The molecule has 0 saturated heterocycles. The summed E-state index contributed by atoms with van der Waals surface area (Å²) in [7, 11) is 0. The van der Waals surface area contributed by atoms with E-state index >= 15 is 0 Å². The molecule has 0 fully saturated rings. The first-order valence-corrected chi connectivity index (χ1v) is 8.51. The lowest BCUT2D eigenvalue weighted by Crippen LogP contribution is -2.39. The van der Waals surface area contributed by atoms with Crippen LogP contribution in [-0.2, 0) is 4.79 Å². The van der Waals surface area contributed by atoms with E-state index in [2.05, 4.69) is 5.32 Å². The summed E-state index contributed by atoms with van der Waals surface area (Å²) in [6, 6.07) is 15.2. The van der Waals surface area contributed by atoms with Crippen molar-refractivity contribution in [2.45, 2.75) is 11.8 Å². The van der Waals surface area contributed by atoms with Crippen molar-refractivity contribution < 1.29 is 9.59 Å². The number of carbonyl (C=O) groups is 2. The quantitative estimate of drug-likeness (QED) is 0.875. The van der Waals surface area contributed by atoms with E-state index in [-0.39, 0.29) is 18.2 Å². The first-order chi connectivity index (χ1) is 11.1. The molecule has 0 aromatic heterocycles. The summed E-state index contributed by atoms with van der Waals surface area (Å²) >= 11 is 1.78. The number of nitrogens with one attached hydrogen (secondary N) is 1. The van der Waals surface area contributed by atoms with E-state index in [9.17, 15) is 9.59 Å². The Bertz CT molecular complexity index is 745. The molecule has 5 heteroatoms. The molecule has 0 spiro atoms. The highest BCUT2D eigenvalue weighted by atomic mass is 32.2. The van der Waals surface area contributed by atoms with Crippen molar-refractivity contribution in [2.75, 3.05) is 29.1 Å². The summed E-state index contributed by atoms with van der Waals surface area (Å²) in [5.41, 5.74) is 2.40. The third-order valence-electron chi connectivity index (χ3n) is 3.74. The van der Waals surface area contributed by atoms with Gasteiger partial charge in [0.15, 0.2) is 5.78 Å². The minimum Gasteiger partial charge on any atom is -0.376 e. The number of thioether (sulfide) groups is 1. The largest absolute Gasteiger partial charge is 0.376 e. The fourth-order valence-electron chi connectivity index (χ4n) is 2.55. The highest BCUT2D eigenvalue weighted by Gasteiger charge is 2.22. The molecule has 0 radical (unpaired) electrons. The molecule has 0 unspecified atom stereocenters. The molecule has 0 aliphatic carbocycles. The number of fused-ring (bicyclic) bond motifs is 1. The Morgan fingerprint density at radius 3 is 2.83 bits per heavy atom.